The number of para-hydroxylation sites is 1. The van der Waals surface area contributed by atoms with Crippen molar-refractivity contribution in [3.63, 3.8) is 0 Å². The quantitative estimate of drug-likeness (QED) is 0.706. The minimum atomic E-state index is -4.42. The molecule has 0 spiro atoms. The number of nitrogens with zero attached hydrogens (tertiary/aromatic N) is 2. The molecule has 2 heterocycles. The van der Waals surface area contributed by atoms with Crippen LogP contribution >= 0.6 is 0 Å². The molecule has 0 radical (unpaired) electrons. The lowest BCUT2D eigenvalue weighted by Crippen LogP contribution is -2.48. The van der Waals surface area contributed by atoms with Gasteiger partial charge in [-0.25, -0.2) is 4.79 Å². The van der Waals surface area contributed by atoms with Crippen molar-refractivity contribution in [2.75, 3.05) is 42.2 Å². The fraction of sp³-hybridized carbons (Fsp3) is 0.409. The predicted octanol–water partition coefficient (Wildman–Crippen LogP) is 4.27. The van der Waals surface area contributed by atoms with Gasteiger partial charge in [-0.15, -0.1) is 0 Å². The van der Waals surface area contributed by atoms with Gasteiger partial charge in [-0.3, -0.25) is 0 Å². The Morgan fingerprint density at radius 3 is 2.58 bits per heavy atom. The Morgan fingerprint density at radius 1 is 1.10 bits per heavy atom. The van der Waals surface area contributed by atoms with Crippen LogP contribution in [0.2, 0.25) is 0 Å². The summed E-state index contributed by atoms with van der Waals surface area (Å²) in [5.74, 6) is 0.0293. The summed E-state index contributed by atoms with van der Waals surface area (Å²) in [5.41, 5.74) is 8.69. The number of halogens is 3. The van der Waals surface area contributed by atoms with Crippen LogP contribution in [-0.2, 0) is 6.42 Å². The van der Waals surface area contributed by atoms with Gasteiger partial charge in [-0.2, -0.15) is 13.2 Å². The first-order chi connectivity index (χ1) is 14.8. The zero-order valence-corrected chi connectivity index (χ0v) is 17.0. The van der Waals surface area contributed by atoms with Crippen molar-refractivity contribution in [3.05, 3.63) is 48.0 Å². The molecule has 2 aliphatic heterocycles. The number of fused-ring (bicyclic) bond motifs is 1. The van der Waals surface area contributed by atoms with Crippen LogP contribution in [0.1, 0.15) is 18.4 Å². The zero-order valence-electron chi connectivity index (χ0n) is 17.0. The second-order valence-corrected chi connectivity index (χ2v) is 7.87. The van der Waals surface area contributed by atoms with Crippen molar-refractivity contribution in [2.45, 2.75) is 31.5 Å². The van der Waals surface area contributed by atoms with Gasteiger partial charge in [-0.05, 0) is 43.0 Å². The van der Waals surface area contributed by atoms with Crippen LogP contribution in [0.25, 0.3) is 0 Å². The number of hydrogen-bond acceptors (Lipinski definition) is 4. The number of benzene rings is 2. The van der Waals surface area contributed by atoms with Gasteiger partial charge in [-0.1, -0.05) is 18.2 Å². The van der Waals surface area contributed by atoms with Gasteiger partial charge >= 0.3 is 12.2 Å². The summed E-state index contributed by atoms with van der Waals surface area (Å²) in [6, 6.07) is 12.7. The maximum atomic E-state index is 12.7. The largest absolute Gasteiger partial charge is 0.482 e. The fourth-order valence-corrected chi connectivity index (χ4v) is 4.18. The number of ether oxygens (including phenoxy) is 1. The number of nitrogens with one attached hydrogen (secondary N) is 1. The van der Waals surface area contributed by atoms with Gasteiger partial charge in [0, 0.05) is 43.1 Å². The first kappa shape index (κ1) is 21.1. The van der Waals surface area contributed by atoms with E-state index < -0.39 is 12.8 Å². The van der Waals surface area contributed by atoms with Crippen molar-refractivity contribution in [1.82, 2.24) is 4.90 Å². The number of anilines is 3. The molecule has 2 aromatic rings. The van der Waals surface area contributed by atoms with Crippen LogP contribution < -0.4 is 20.7 Å². The van der Waals surface area contributed by atoms with E-state index in [9.17, 15) is 18.0 Å². The maximum Gasteiger partial charge on any atom is 0.422 e. The van der Waals surface area contributed by atoms with E-state index in [1.54, 1.807) is 18.2 Å². The van der Waals surface area contributed by atoms with Crippen LogP contribution in [0, 0.1) is 0 Å². The third-order valence-electron chi connectivity index (χ3n) is 5.80. The highest BCUT2D eigenvalue weighted by Gasteiger charge is 2.31. The van der Waals surface area contributed by atoms with Crippen LogP contribution in [0.15, 0.2) is 42.5 Å². The number of hydrogen-bond donors (Lipinski definition) is 2. The topological polar surface area (TPSA) is 70.8 Å². The number of nitrogen functional groups attached to an aromatic ring is 1. The molecule has 31 heavy (non-hydrogen) atoms. The van der Waals surface area contributed by atoms with Gasteiger partial charge in [0.05, 0.1) is 5.69 Å². The molecule has 0 bridgehead atoms. The second-order valence-electron chi connectivity index (χ2n) is 7.87. The zero-order chi connectivity index (χ0) is 22.0. The molecule has 2 aliphatic rings. The Hall–Kier alpha value is -3.10. The third kappa shape index (κ3) is 4.98. The van der Waals surface area contributed by atoms with E-state index in [2.05, 4.69) is 10.2 Å². The molecule has 166 valence electrons. The number of carbonyl (C=O) groups excluding carboxylic acids is 1. The highest BCUT2D eigenvalue weighted by Crippen LogP contribution is 2.32. The average molecular weight is 434 g/mol. The van der Waals surface area contributed by atoms with E-state index in [4.69, 9.17) is 10.5 Å². The summed E-state index contributed by atoms with van der Waals surface area (Å²) in [6.45, 7) is 0.647. The standard InChI is InChI=1S/C22H25F3N4O2/c23-22(24,25)14-31-20-13-17(5-6-18(20)26)28-10-8-16(9-11-28)29-12-7-15-3-1-2-4-19(15)27-21(29)30/h1-6,13,16H,7-12,14,26H2,(H,27,30). The van der Waals surface area contributed by atoms with E-state index in [0.717, 1.165) is 36.2 Å². The second kappa shape index (κ2) is 8.56. The van der Waals surface area contributed by atoms with Crippen molar-refractivity contribution in [1.29, 1.82) is 0 Å². The molecule has 2 amide bonds. The molecular weight excluding hydrogens is 409 g/mol. The smallest absolute Gasteiger partial charge is 0.422 e. The van der Waals surface area contributed by atoms with Gasteiger partial charge < -0.3 is 25.6 Å². The summed E-state index contributed by atoms with van der Waals surface area (Å²) < 4.78 is 42.3. The molecular formula is C22H25F3N4O2. The molecule has 9 heteroatoms. The number of amides is 2. The van der Waals surface area contributed by atoms with Gasteiger partial charge in [0.1, 0.15) is 5.75 Å². The van der Waals surface area contributed by atoms with Crippen molar-refractivity contribution in [2.24, 2.45) is 0 Å². The maximum absolute atomic E-state index is 12.7. The van der Waals surface area contributed by atoms with Crippen molar-refractivity contribution in [3.8, 4) is 5.75 Å². The lowest BCUT2D eigenvalue weighted by molar-refractivity contribution is -0.153. The number of carbonyl (C=O) groups is 1. The third-order valence-corrected chi connectivity index (χ3v) is 5.80. The highest BCUT2D eigenvalue weighted by molar-refractivity contribution is 5.91. The first-order valence-corrected chi connectivity index (χ1v) is 10.3. The Bertz CT molecular complexity index is 943. The number of nitrogens with two attached hydrogens (primary N) is 1. The lowest BCUT2D eigenvalue weighted by Gasteiger charge is -2.39. The molecule has 2 aromatic carbocycles. The monoisotopic (exact) mass is 434 g/mol. The molecule has 6 nitrogen and oxygen atoms in total. The number of rotatable bonds is 4. The molecule has 4 rings (SSSR count). The Morgan fingerprint density at radius 2 is 1.84 bits per heavy atom. The van der Waals surface area contributed by atoms with Crippen molar-refractivity contribution < 1.29 is 22.7 Å². The SMILES string of the molecule is Nc1ccc(N2CCC(N3CCc4ccccc4NC3=O)CC2)cc1OCC(F)(F)F. The summed E-state index contributed by atoms with van der Waals surface area (Å²) in [7, 11) is 0. The normalized spacial score (nSPS) is 17.7. The molecule has 1 fully saturated rings. The van der Waals surface area contributed by atoms with Gasteiger partial charge in [0.15, 0.2) is 6.61 Å². The Kier molecular flexibility index (Phi) is 5.84. The van der Waals surface area contributed by atoms with Crippen LogP contribution in [0.3, 0.4) is 0 Å². The molecule has 0 saturated carbocycles. The number of urea groups is 1. The summed E-state index contributed by atoms with van der Waals surface area (Å²) in [6.07, 6.45) is -2.08. The minimum absolute atomic E-state index is 0.0293. The summed E-state index contributed by atoms with van der Waals surface area (Å²) >= 11 is 0. The van der Waals surface area contributed by atoms with Crippen molar-refractivity contribution >= 4 is 23.1 Å². The Balaban J connectivity index is 1.38. The van der Waals surface area contributed by atoms with E-state index in [0.29, 0.717) is 19.6 Å². The molecule has 1 saturated heterocycles. The molecule has 0 aromatic heterocycles. The van der Waals surface area contributed by atoms with E-state index >= 15 is 0 Å². The van der Waals surface area contributed by atoms with Crippen LogP contribution in [-0.4, -0.2) is 49.4 Å². The lowest BCUT2D eigenvalue weighted by atomic mass is 10.0. The first-order valence-electron chi connectivity index (χ1n) is 10.3. The van der Waals surface area contributed by atoms with E-state index in [-0.39, 0.29) is 23.5 Å². The van der Waals surface area contributed by atoms with Gasteiger partial charge in [0.2, 0.25) is 0 Å². The molecule has 0 atom stereocenters. The number of piperidine rings is 1. The summed E-state index contributed by atoms with van der Waals surface area (Å²) in [5, 5.41) is 3.00. The fourth-order valence-electron chi connectivity index (χ4n) is 4.18. The molecule has 0 unspecified atom stereocenters. The number of alkyl halides is 3. The van der Waals surface area contributed by atoms with Crippen LogP contribution in [0.5, 0.6) is 5.75 Å². The van der Waals surface area contributed by atoms with E-state index in [1.807, 2.05) is 29.2 Å². The van der Waals surface area contributed by atoms with Crippen LogP contribution in [0.4, 0.5) is 35.0 Å². The van der Waals surface area contributed by atoms with E-state index in [1.165, 1.54) is 0 Å². The molecule has 3 N–H and O–H groups in total. The minimum Gasteiger partial charge on any atom is -0.482 e. The average Bonchev–Trinajstić information content (AvgIpc) is 2.91. The Labute approximate surface area is 178 Å². The molecule has 0 aliphatic carbocycles. The highest BCUT2D eigenvalue weighted by atomic mass is 19.4. The van der Waals surface area contributed by atoms with Gasteiger partial charge in [0.25, 0.3) is 0 Å². The summed E-state index contributed by atoms with van der Waals surface area (Å²) in [4.78, 5) is 16.7. The predicted molar refractivity (Wildman–Crippen MR) is 114 cm³/mol.